The third-order valence-electron chi connectivity index (χ3n) is 5.41. The fourth-order valence-electron chi connectivity index (χ4n) is 3.90. The van der Waals surface area contributed by atoms with Crippen molar-refractivity contribution >= 4 is 17.7 Å². The average molecular weight is 333 g/mol. The van der Waals surface area contributed by atoms with Crippen molar-refractivity contribution in [3.63, 3.8) is 0 Å². The molecule has 2 saturated heterocycles. The van der Waals surface area contributed by atoms with Crippen LogP contribution in [-0.4, -0.2) is 48.3 Å². The van der Waals surface area contributed by atoms with E-state index >= 15 is 0 Å². The molecule has 1 aliphatic carbocycles. The Bertz CT molecular complexity index is 598. The second-order valence-electron chi connectivity index (χ2n) is 6.68. The minimum Gasteiger partial charge on any atom is -0.496 e. The van der Waals surface area contributed by atoms with Gasteiger partial charge >= 0.3 is 0 Å². The number of para-hydroxylation sites is 1. The van der Waals surface area contributed by atoms with Crippen molar-refractivity contribution in [3.05, 3.63) is 29.8 Å². The van der Waals surface area contributed by atoms with Crippen molar-refractivity contribution in [2.24, 2.45) is 0 Å². The molecule has 3 aliphatic rings. The van der Waals surface area contributed by atoms with Gasteiger partial charge in [0, 0.05) is 37.2 Å². The number of likely N-dealkylation sites (tertiary alicyclic amines) is 1. The van der Waals surface area contributed by atoms with E-state index in [0.29, 0.717) is 0 Å². The Balaban J connectivity index is 1.51. The number of rotatable bonds is 3. The Morgan fingerprint density at radius 1 is 1.22 bits per heavy atom. The number of piperidine rings is 1. The lowest BCUT2D eigenvalue weighted by molar-refractivity contribution is -0.137. The fraction of sp³-hybridized carbons (Fsp3) is 0.611. The summed E-state index contributed by atoms with van der Waals surface area (Å²) in [5.74, 6) is 2.19. The fourth-order valence-corrected chi connectivity index (χ4v) is 5.08. The molecule has 0 atom stereocenters. The van der Waals surface area contributed by atoms with Crippen LogP contribution in [0.3, 0.4) is 0 Å². The number of hydrogen-bond acceptors (Lipinski definition) is 4. The number of methoxy groups -OCH3 is 1. The predicted molar refractivity (Wildman–Crippen MR) is 90.9 cm³/mol. The second-order valence-corrected chi connectivity index (χ2v) is 8.12. The summed E-state index contributed by atoms with van der Waals surface area (Å²) in [7, 11) is 1.68. The maximum absolute atomic E-state index is 13.2. The summed E-state index contributed by atoms with van der Waals surface area (Å²) >= 11 is 1.92. The highest BCUT2D eigenvalue weighted by Gasteiger charge is 2.55. The Morgan fingerprint density at radius 2 is 1.96 bits per heavy atom. The van der Waals surface area contributed by atoms with Gasteiger partial charge in [-0.2, -0.15) is 0 Å². The molecule has 2 aliphatic heterocycles. The Hall–Kier alpha value is -1.20. The van der Waals surface area contributed by atoms with Crippen LogP contribution in [0.2, 0.25) is 0 Å². The zero-order valence-corrected chi connectivity index (χ0v) is 14.4. The summed E-state index contributed by atoms with van der Waals surface area (Å²) in [6.07, 6.45) is 3.76. The molecule has 1 aromatic rings. The Kier molecular flexibility index (Phi) is 3.81. The topological polar surface area (TPSA) is 38.8 Å². The van der Waals surface area contributed by atoms with E-state index in [0.717, 1.165) is 62.4 Å². The van der Waals surface area contributed by atoms with Crippen LogP contribution in [0.1, 0.15) is 31.2 Å². The minimum atomic E-state index is -0.346. The van der Waals surface area contributed by atoms with E-state index in [4.69, 9.17) is 9.47 Å². The molecule has 1 amide bonds. The van der Waals surface area contributed by atoms with Gasteiger partial charge < -0.3 is 14.4 Å². The predicted octanol–water partition coefficient (Wildman–Crippen LogP) is 2.81. The molecule has 0 unspecified atom stereocenters. The van der Waals surface area contributed by atoms with Crippen molar-refractivity contribution in [1.29, 1.82) is 0 Å². The minimum absolute atomic E-state index is 0.0159. The number of benzene rings is 1. The molecule has 23 heavy (non-hydrogen) atoms. The molecule has 1 spiro atoms. The van der Waals surface area contributed by atoms with Crippen LogP contribution < -0.4 is 4.74 Å². The molecule has 0 aromatic heterocycles. The highest BCUT2D eigenvalue weighted by atomic mass is 32.2. The van der Waals surface area contributed by atoms with Gasteiger partial charge in [-0.05, 0) is 18.9 Å². The van der Waals surface area contributed by atoms with E-state index in [2.05, 4.69) is 0 Å². The molecule has 124 valence electrons. The van der Waals surface area contributed by atoms with Crippen LogP contribution in [-0.2, 0) is 14.9 Å². The zero-order valence-electron chi connectivity index (χ0n) is 13.5. The lowest BCUT2D eigenvalue weighted by Gasteiger charge is -2.39. The standard InChI is InChI=1S/C18H23NO3S/c1-21-15-5-3-2-4-14(15)17(6-7-17)16(20)19-10-8-18(9-11-19)22-12-13-23-18/h2-5H,6-13H2,1H3. The first-order valence-electron chi connectivity index (χ1n) is 8.40. The SMILES string of the molecule is COc1ccccc1C1(C(=O)N2CCC3(CC2)OCCS3)CC1. The molecule has 0 radical (unpaired) electrons. The van der Waals surface area contributed by atoms with E-state index in [1.165, 1.54) is 0 Å². The van der Waals surface area contributed by atoms with Crippen LogP contribution in [0, 0.1) is 0 Å². The van der Waals surface area contributed by atoms with Crippen LogP contribution in [0.15, 0.2) is 24.3 Å². The number of carbonyl (C=O) groups is 1. The molecular formula is C18H23NO3S. The summed E-state index contributed by atoms with van der Waals surface area (Å²) in [6, 6.07) is 7.96. The average Bonchev–Trinajstić information content (AvgIpc) is 3.30. The van der Waals surface area contributed by atoms with Gasteiger partial charge in [0.1, 0.15) is 10.7 Å². The van der Waals surface area contributed by atoms with E-state index < -0.39 is 0 Å². The molecule has 2 heterocycles. The molecular weight excluding hydrogens is 310 g/mol. The molecule has 5 heteroatoms. The number of nitrogens with zero attached hydrogens (tertiary/aromatic N) is 1. The van der Waals surface area contributed by atoms with E-state index in [1.54, 1.807) is 7.11 Å². The van der Waals surface area contributed by atoms with Gasteiger partial charge in [-0.1, -0.05) is 18.2 Å². The smallest absolute Gasteiger partial charge is 0.233 e. The first kappa shape index (κ1) is 15.3. The van der Waals surface area contributed by atoms with Gasteiger partial charge in [-0.25, -0.2) is 0 Å². The summed E-state index contributed by atoms with van der Waals surface area (Å²) < 4.78 is 11.4. The third kappa shape index (κ3) is 2.54. The molecule has 3 fully saturated rings. The normalized spacial score (nSPS) is 24.7. The summed E-state index contributed by atoms with van der Waals surface area (Å²) in [4.78, 5) is 15.2. The van der Waals surface area contributed by atoms with Crippen molar-refractivity contribution in [2.75, 3.05) is 32.6 Å². The molecule has 1 aromatic carbocycles. The van der Waals surface area contributed by atoms with Crippen LogP contribution in [0.4, 0.5) is 0 Å². The summed E-state index contributed by atoms with van der Waals surface area (Å²) in [5, 5.41) is 0. The van der Waals surface area contributed by atoms with E-state index in [9.17, 15) is 4.79 Å². The monoisotopic (exact) mass is 333 g/mol. The molecule has 0 bridgehead atoms. The van der Waals surface area contributed by atoms with Crippen molar-refractivity contribution < 1.29 is 14.3 Å². The van der Waals surface area contributed by atoms with Crippen LogP contribution in [0.25, 0.3) is 0 Å². The second kappa shape index (κ2) is 5.71. The number of ether oxygens (including phenoxy) is 2. The van der Waals surface area contributed by atoms with Gasteiger partial charge in [0.15, 0.2) is 0 Å². The maximum Gasteiger partial charge on any atom is 0.233 e. The lowest BCUT2D eigenvalue weighted by Crippen LogP contribution is -2.48. The first-order chi connectivity index (χ1) is 11.2. The van der Waals surface area contributed by atoms with Gasteiger partial charge in [0.2, 0.25) is 5.91 Å². The first-order valence-corrected chi connectivity index (χ1v) is 9.39. The highest BCUT2D eigenvalue weighted by Crippen LogP contribution is 2.53. The van der Waals surface area contributed by atoms with Crippen molar-refractivity contribution in [2.45, 2.75) is 36.0 Å². The quantitative estimate of drug-likeness (QED) is 0.853. The number of carbonyl (C=O) groups excluding carboxylic acids is 1. The summed E-state index contributed by atoms with van der Waals surface area (Å²) in [6.45, 7) is 2.47. The van der Waals surface area contributed by atoms with Gasteiger partial charge in [0.25, 0.3) is 0 Å². The zero-order chi connectivity index (χ0) is 15.9. The lowest BCUT2D eigenvalue weighted by atomic mass is 9.92. The van der Waals surface area contributed by atoms with E-state index in [-0.39, 0.29) is 16.3 Å². The third-order valence-corrected chi connectivity index (χ3v) is 6.83. The molecule has 1 saturated carbocycles. The van der Waals surface area contributed by atoms with Gasteiger partial charge in [-0.3, -0.25) is 4.79 Å². The maximum atomic E-state index is 13.2. The van der Waals surface area contributed by atoms with Crippen LogP contribution in [0.5, 0.6) is 5.75 Å². The number of thioether (sulfide) groups is 1. The molecule has 4 rings (SSSR count). The van der Waals surface area contributed by atoms with Gasteiger partial charge in [0.05, 0.1) is 19.1 Å². The van der Waals surface area contributed by atoms with Gasteiger partial charge in [-0.15, -0.1) is 11.8 Å². The summed E-state index contributed by atoms with van der Waals surface area (Å²) in [5.41, 5.74) is 0.708. The van der Waals surface area contributed by atoms with Crippen molar-refractivity contribution in [3.8, 4) is 5.75 Å². The molecule has 4 nitrogen and oxygen atoms in total. The Morgan fingerprint density at radius 3 is 2.57 bits per heavy atom. The van der Waals surface area contributed by atoms with E-state index in [1.807, 2.05) is 40.9 Å². The highest BCUT2D eigenvalue weighted by molar-refractivity contribution is 8.00. The van der Waals surface area contributed by atoms with Crippen LogP contribution >= 0.6 is 11.8 Å². The number of amides is 1. The molecule has 0 N–H and O–H groups in total. The number of hydrogen-bond donors (Lipinski definition) is 0. The van der Waals surface area contributed by atoms with Crippen molar-refractivity contribution in [1.82, 2.24) is 4.90 Å². The largest absolute Gasteiger partial charge is 0.496 e. The Labute approximate surface area is 141 Å².